The van der Waals surface area contributed by atoms with Gasteiger partial charge in [0.2, 0.25) is 0 Å². The largest absolute Gasteiger partial charge is 0.375 e. The summed E-state index contributed by atoms with van der Waals surface area (Å²) < 4.78 is 14.0. The number of hydrogen-bond donors (Lipinski definition) is 1. The molecule has 0 aliphatic heterocycles. The first-order valence-electron chi connectivity index (χ1n) is 7.71. The summed E-state index contributed by atoms with van der Waals surface area (Å²) in [7, 11) is 3.53. The van der Waals surface area contributed by atoms with Crippen LogP contribution in [0.1, 0.15) is 34.3 Å². The zero-order valence-corrected chi connectivity index (χ0v) is 14.3. The lowest BCUT2D eigenvalue weighted by Crippen LogP contribution is -2.14. The molecule has 1 aromatic heterocycles. The standard InChI is InChI=1S/C17H20FN3OS/c1-10-4-6-13-15(8-10)23-17(19-13)20-16(22)11-5-7-14(21(2)3)12(18)9-11/h5,7,9-10H,4,6,8H2,1-3H3,(H,19,20,22)/t10-/m0/s1. The van der Waals surface area contributed by atoms with Gasteiger partial charge in [0.15, 0.2) is 5.13 Å². The molecular formula is C17H20FN3OS. The molecule has 0 saturated heterocycles. The van der Waals surface area contributed by atoms with E-state index < -0.39 is 5.82 Å². The number of carbonyl (C=O) groups excluding carboxylic acids is 1. The molecular weight excluding hydrogens is 313 g/mol. The molecule has 1 aliphatic rings. The Labute approximate surface area is 139 Å². The number of amides is 1. The topological polar surface area (TPSA) is 45.2 Å². The van der Waals surface area contributed by atoms with Crippen molar-refractivity contribution >= 4 is 28.1 Å². The number of aromatic nitrogens is 1. The molecule has 1 amide bonds. The Morgan fingerprint density at radius 3 is 2.91 bits per heavy atom. The van der Waals surface area contributed by atoms with Crippen molar-refractivity contribution in [2.75, 3.05) is 24.3 Å². The van der Waals surface area contributed by atoms with E-state index in [1.54, 1.807) is 31.1 Å². The number of hydrogen-bond acceptors (Lipinski definition) is 4. The van der Waals surface area contributed by atoms with Gasteiger partial charge in [0.1, 0.15) is 5.82 Å². The van der Waals surface area contributed by atoms with Gasteiger partial charge in [-0.25, -0.2) is 9.37 Å². The Balaban J connectivity index is 1.76. The predicted octanol–water partition coefficient (Wildman–Crippen LogP) is 3.73. The van der Waals surface area contributed by atoms with Crippen molar-refractivity contribution in [3.05, 3.63) is 40.2 Å². The zero-order valence-electron chi connectivity index (χ0n) is 13.5. The molecule has 0 bridgehead atoms. The van der Waals surface area contributed by atoms with E-state index in [1.165, 1.54) is 22.3 Å². The van der Waals surface area contributed by atoms with Crippen molar-refractivity contribution < 1.29 is 9.18 Å². The summed E-state index contributed by atoms with van der Waals surface area (Å²) in [5.41, 5.74) is 1.85. The number of anilines is 2. The molecule has 2 aromatic rings. The lowest BCUT2D eigenvalue weighted by Gasteiger charge is -2.15. The molecule has 0 spiro atoms. The number of halogens is 1. The minimum Gasteiger partial charge on any atom is -0.375 e. The van der Waals surface area contributed by atoms with Crippen molar-refractivity contribution in [1.29, 1.82) is 0 Å². The van der Waals surface area contributed by atoms with Crippen LogP contribution in [0.3, 0.4) is 0 Å². The Kier molecular flexibility index (Phi) is 4.35. The van der Waals surface area contributed by atoms with Gasteiger partial charge in [0.05, 0.1) is 11.4 Å². The van der Waals surface area contributed by atoms with Gasteiger partial charge in [-0.3, -0.25) is 10.1 Å². The van der Waals surface area contributed by atoms with Crippen LogP contribution in [0.15, 0.2) is 18.2 Å². The van der Waals surface area contributed by atoms with Crippen molar-refractivity contribution in [3.63, 3.8) is 0 Å². The summed E-state index contributed by atoms with van der Waals surface area (Å²) in [6.45, 7) is 2.23. The number of benzene rings is 1. The van der Waals surface area contributed by atoms with E-state index >= 15 is 0 Å². The fourth-order valence-corrected chi connectivity index (χ4v) is 3.94. The second-order valence-corrected chi connectivity index (χ2v) is 7.34. The second kappa shape index (κ2) is 6.28. The van der Waals surface area contributed by atoms with E-state index in [0.29, 0.717) is 22.3 Å². The Hall–Kier alpha value is -1.95. The molecule has 1 heterocycles. The molecule has 122 valence electrons. The highest BCUT2D eigenvalue weighted by molar-refractivity contribution is 7.15. The van der Waals surface area contributed by atoms with E-state index in [4.69, 9.17) is 0 Å². The van der Waals surface area contributed by atoms with Crippen LogP contribution >= 0.6 is 11.3 Å². The molecule has 0 unspecified atom stereocenters. The van der Waals surface area contributed by atoms with E-state index in [9.17, 15) is 9.18 Å². The molecule has 1 atom stereocenters. The third-order valence-corrected chi connectivity index (χ3v) is 5.13. The number of nitrogens with one attached hydrogen (secondary N) is 1. The number of fused-ring (bicyclic) bond motifs is 1. The number of nitrogens with zero attached hydrogens (tertiary/aromatic N) is 2. The first-order chi connectivity index (χ1) is 10.9. The molecule has 1 aromatic carbocycles. The van der Waals surface area contributed by atoms with E-state index in [0.717, 1.165) is 25.0 Å². The molecule has 3 rings (SSSR count). The van der Waals surface area contributed by atoms with Gasteiger partial charge >= 0.3 is 0 Å². The van der Waals surface area contributed by atoms with Gasteiger partial charge in [-0.05, 0) is 43.4 Å². The molecule has 1 aliphatic carbocycles. The van der Waals surface area contributed by atoms with Gasteiger partial charge in [0, 0.05) is 24.5 Å². The van der Waals surface area contributed by atoms with Gasteiger partial charge in [-0.1, -0.05) is 6.92 Å². The second-order valence-electron chi connectivity index (χ2n) is 6.25. The van der Waals surface area contributed by atoms with Crippen molar-refractivity contribution in [3.8, 4) is 0 Å². The van der Waals surface area contributed by atoms with Crippen molar-refractivity contribution in [2.45, 2.75) is 26.2 Å². The lowest BCUT2D eigenvalue weighted by atomic mass is 9.93. The maximum atomic E-state index is 14.0. The summed E-state index contributed by atoms with van der Waals surface area (Å²) in [5, 5.41) is 3.40. The maximum Gasteiger partial charge on any atom is 0.257 e. The van der Waals surface area contributed by atoms with Crippen LogP contribution in [0.25, 0.3) is 0 Å². The highest BCUT2D eigenvalue weighted by atomic mass is 32.1. The maximum absolute atomic E-state index is 14.0. The highest BCUT2D eigenvalue weighted by Crippen LogP contribution is 2.32. The fourth-order valence-electron chi connectivity index (χ4n) is 2.77. The molecule has 0 fully saturated rings. The third kappa shape index (κ3) is 3.37. The molecule has 23 heavy (non-hydrogen) atoms. The van der Waals surface area contributed by atoms with Gasteiger partial charge in [-0.2, -0.15) is 0 Å². The molecule has 0 saturated carbocycles. The number of thiazole rings is 1. The normalized spacial score (nSPS) is 16.8. The highest BCUT2D eigenvalue weighted by Gasteiger charge is 2.21. The van der Waals surface area contributed by atoms with E-state index in [1.807, 2.05) is 0 Å². The monoisotopic (exact) mass is 333 g/mol. The quantitative estimate of drug-likeness (QED) is 0.931. The number of aryl methyl sites for hydroxylation is 1. The van der Waals surface area contributed by atoms with Crippen LogP contribution in [-0.2, 0) is 12.8 Å². The Bertz CT molecular complexity index is 741. The number of rotatable bonds is 3. The van der Waals surface area contributed by atoms with Crippen LogP contribution in [0.4, 0.5) is 15.2 Å². The molecule has 6 heteroatoms. The summed E-state index contributed by atoms with van der Waals surface area (Å²) in [6, 6.07) is 4.50. The summed E-state index contributed by atoms with van der Waals surface area (Å²) in [5.74, 6) is -0.0672. The first-order valence-corrected chi connectivity index (χ1v) is 8.52. The SMILES string of the molecule is C[C@H]1CCc2nc(NC(=O)c3ccc(N(C)C)c(F)c3)sc2C1. The molecule has 1 N–H and O–H groups in total. The third-order valence-electron chi connectivity index (χ3n) is 4.10. The van der Waals surface area contributed by atoms with Crippen LogP contribution in [0, 0.1) is 11.7 Å². The van der Waals surface area contributed by atoms with Crippen LogP contribution in [0.2, 0.25) is 0 Å². The van der Waals surface area contributed by atoms with E-state index in [2.05, 4.69) is 17.2 Å². The van der Waals surface area contributed by atoms with Gasteiger partial charge < -0.3 is 4.90 Å². The lowest BCUT2D eigenvalue weighted by molar-refractivity contribution is 0.102. The number of carbonyl (C=O) groups is 1. The van der Waals surface area contributed by atoms with Gasteiger partial charge in [-0.15, -0.1) is 11.3 Å². The summed E-state index contributed by atoms with van der Waals surface area (Å²) in [4.78, 5) is 19.7. The summed E-state index contributed by atoms with van der Waals surface area (Å²) >= 11 is 1.53. The van der Waals surface area contributed by atoms with Crippen LogP contribution < -0.4 is 10.2 Å². The van der Waals surface area contributed by atoms with Crippen LogP contribution in [-0.4, -0.2) is 25.0 Å². The molecule has 4 nitrogen and oxygen atoms in total. The Morgan fingerprint density at radius 2 is 2.22 bits per heavy atom. The molecule has 0 radical (unpaired) electrons. The fraction of sp³-hybridized carbons (Fsp3) is 0.412. The summed E-state index contributed by atoms with van der Waals surface area (Å²) in [6.07, 6.45) is 3.13. The predicted molar refractivity (Wildman–Crippen MR) is 92.0 cm³/mol. The zero-order chi connectivity index (χ0) is 16.6. The van der Waals surface area contributed by atoms with E-state index in [-0.39, 0.29) is 5.91 Å². The first kappa shape index (κ1) is 15.9. The minimum absolute atomic E-state index is 0.301. The average Bonchev–Trinajstić information content (AvgIpc) is 2.87. The van der Waals surface area contributed by atoms with Crippen molar-refractivity contribution in [1.82, 2.24) is 4.98 Å². The minimum atomic E-state index is -0.407. The van der Waals surface area contributed by atoms with Crippen molar-refractivity contribution in [2.24, 2.45) is 5.92 Å². The van der Waals surface area contributed by atoms with Crippen LogP contribution in [0.5, 0.6) is 0 Å². The van der Waals surface area contributed by atoms with Gasteiger partial charge in [0.25, 0.3) is 5.91 Å². The average molecular weight is 333 g/mol. The Morgan fingerprint density at radius 1 is 1.43 bits per heavy atom. The smallest absolute Gasteiger partial charge is 0.257 e.